The highest BCUT2D eigenvalue weighted by Crippen LogP contribution is 2.23. The SMILES string of the molecule is CCc1ccccc1OCc1nnc2n1CC(C(=O)OC)CC2. The number of benzene rings is 1. The van der Waals surface area contributed by atoms with Crippen LogP contribution < -0.4 is 4.74 Å². The lowest BCUT2D eigenvalue weighted by Gasteiger charge is -2.22. The molecule has 2 aromatic rings. The number of hydrogen-bond donors (Lipinski definition) is 0. The minimum absolute atomic E-state index is 0.134. The molecule has 6 heteroatoms. The van der Waals surface area contributed by atoms with Crippen molar-refractivity contribution in [1.29, 1.82) is 0 Å². The van der Waals surface area contributed by atoms with Gasteiger partial charge in [-0.3, -0.25) is 4.79 Å². The zero-order valence-corrected chi connectivity index (χ0v) is 13.5. The van der Waals surface area contributed by atoms with Gasteiger partial charge in [-0.25, -0.2) is 0 Å². The van der Waals surface area contributed by atoms with E-state index in [0.717, 1.165) is 36.7 Å². The predicted molar refractivity (Wildman–Crippen MR) is 84.0 cm³/mol. The second kappa shape index (κ2) is 6.81. The quantitative estimate of drug-likeness (QED) is 0.791. The van der Waals surface area contributed by atoms with Crippen LogP contribution in [0.15, 0.2) is 24.3 Å². The number of methoxy groups -OCH3 is 1. The van der Waals surface area contributed by atoms with Crippen molar-refractivity contribution in [2.75, 3.05) is 7.11 Å². The summed E-state index contributed by atoms with van der Waals surface area (Å²) in [5.74, 6) is 2.22. The minimum atomic E-state index is -0.174. The van der Waals surface area contributed by atoms with Gasteiger partial charge in [-0.15, -0.1) is 10.2 Å². The summed E-state index contributed by atoms with van der Waals surface area (Å²) in [5, 5.41) is 8.44. The Kier molecular flexibility index (Phi) is 4.60. The molecule has 1 aromatic carbocycles. The average Bonchev–Trinajstić information content (AvgIpc) is 3.01. The Hall–Kier alpha value is -2.37. The highest BCUT2D eigenvalue weighted by atomic mass is 16.5. The van der Waals surface area contributed by atoms with Gasteiger partial charge in [-0.1, -0.05) is 25.1 Å². The topological polar surface area (TPSA) is 66.2 Å². The van der Waals surface area contributed by atoms with Gasteiger partial charge in [0.2, 0.25) is 0 Å². The number of hydrogen-bond acceptors (Lipinski definition) is 5. The number of esters is 1. The molecule has 0 amide bonds. The maximum absolute atomic E-state index is 11.8. The van der Waals surface area contributed by atoms with E-state index < -0.39 is 0 Å². The van der Waals surface area contributed by atoms with Crippen molar-refractivity contribution in [3.63, 3.8) is 0 Å². The van der Waals surface area contributed by atoms with Crippen LogP contribution in [0, 0.1) is 5.92 Å². The van der Waals surface area contributed by atoms with E-state index in [1.54, 1.807) is 0 Å². The van der Waals surface area contributed by atoms with Crippen molar-refractivity contribution >= 4 is 5.97 Å². The fourth-order valence-electron chi connectivity index (χ4n) is 2.93. The van der Waals surface area contributed by atoms with E-state index in [4.69, 9.17) is 9.47 Å². The second-order valence-corrected chi connectivity index (χ2v) is 5.65. The third-order valence-electron chi connectivity index (χ3n) is 4.27. The highest BCUT2D eigenvalue weighted by Gasteiger charge is 2.28. The molecule has 6 nitrogen and oxygen atoms in total. The Morgan fingerprint density at radius 3 is 2.96 bits per heavy atom. The highest BCUT2D eigenvalue weighted by molar-refractivity contribution is 5.72. The van der Waals surface area contributed by atoms with Crippen LogP contribution in [-0.2, 0) is 35.5 Å². The van der Waals surface area contributed by atoms with Crippen LogP contribution in [0.5, 0.6) is 5.75 Å². The summed E-state index contributed by atoms with van der Waals surface area (Å²) < 4.78 is 12.8. The lowest BCUT2D eigenvalue weighted by Crippen LogP contribution is -2.29. The van der Waals surface area contributed by atoms with Gasteiger partial charge < -0.3 is 14.0 Å². The monoisotopic (exact) mass is 315 g/mol. The van der Waals surface area contributed by atoms with E-state index in [-0.39, 0.29) is 11.9 Å². The van der Waals surface area contributed by atoms with Crippen LogP contribution in [0.2, 0.25) is 0 Å². The van der Waals surface area contributed by atoms with Gasteiger partial charge in [-0.05, 0) is 24.5 Å². The summed E-state index contributed by atoms with van der Waals surface area (Å²) in [4.78, 5) is 11.8. The molecule has 0 N–H and O–H groups in total. The number of aromatic nitrogens is 3. The van der Waals surface area contributed by atoms with Crippen molar-refractivity contribution in [2.24, 2.45) is 5.92 Å². The van der Waals surface area contributed by atoms with Crippen LogP contribution in [-0.4, -0.2) is 27.8 Å². The number of para-hydroxylation sites is 1. The van der Waals surface area contributed by atoms with Gasteiger partial charge in [0.1, 0.15) is 18.2 Å². The molecule has 23 heavy (non-hydrogen) atoms. The fraction of sp³-hybridized carbons (Fsp3) is 0.471. The third-order valence-corrected chi connectivity index (χ3v) is 4.27. The summed E-state index contributed by atoms with van der Waals surface area (Å²) in [6.07, 6.45) is 2.40. The van der Waals surface area contributed by atoms with E-state index in [2.05, 4.69) is 23.2 Å². The summed E-state index contributed by atoms with van der Waals surface area (Å²) >= 11 is 0. The van der Waals surface area contributed by atoms with E-state index in [0.29, 0.717) is 13.2 Å². The first-order valence-corrected chi connectivity index (χ1v) is 7.92. The Morgan fingerprint density at radius 1 is 1.35 bits per heavy atom. The molecular weight excluding hydrogens is 294 g/mol. The molecule has 0 spiro atoms. The van der Waals surface area contributed by atoms with Crippen LogP contribution in [0.25, 0.3) is 0 Å². The lowest BCUT2D eigenvalue weighted by atomic mass is 9.99. The number of ether oxygens (including phenoxy) is 2. The number of carbonyl (C=O) groups is 1. The summed E-state index contributed by atoms with van der Waals surface area (Å²) in [6.45, 7) is 3.00. The van der Waals surface area contributed by atoms with Gasteiger partial charge in [0.25, 0.3) is 0 Å². The molecule has 1 atom stereocenters. The molecular formula is C17H21N3O3. The first kappa shape index (κ1) is 15.5. The first-order valence-electron chi connectivity index (χ1n) is 7.92. The van der Waals surface area contributed by atoms with E-state index in [1.807, 2.05) is 22.8 Å². The molecule has 122 valence electrons. The summed E-state index contributed by atoms with van der Waals surface area (Å²) in [5.41, 5.74) is 1.17. The molecule has 3 rings (SSSR count). The summed E-state index contributed by atoms with van der Waals surface area (Å²) in [6, 6.07) is 7.98. The minimum Gasteiger partial charge on any atom is -0.485 e. The van der Waals surface area contributed by atoms with E-state index >= 15 is 0 Å². The Bertz CT molecular complexity index is 696. The van der Waals surface area contributed by atoms with Crippen molar-refractivity contribution in [2.45, 2.75) is 39.3 Å². The van der Waals surface area contributed by atoms with Gasteiger partial charge in [0, 0.05) is 13.0 Å². The molecule has 0 bridgehead atoms. The number of aryl methyl sites for hydroxylation is 2. The zero-order valence-electron chi connectivity index (χ0n) is 13.5. The Morgan fingerprint density at radius 2 is 2.17 bits per heavy atom. The molecule has 1 aliphatic heterocycles. The molecule has 0 saturated heterocycles. The average molecular weight is 315 g/mol. The third kappa shape index (κ3) is 3.21. The number of nitrogens with zero attached hydrogens (tertiary/aromatic N) is 3. The van der Waals surface area contributed by atoms with Crippen molar-refractivity contribution in [3.05, 3.63) is 41.5 Å². The Balaban J connectivity index is 1.73. The number of fused-ring (bicyclic) bond motifs is 1. The molecule has 1 aliphatic rings. The molecule has 0 saturated carbocycles. The lowest BCUT2D eigenvalue weighted by molar-refractivity contribution is -0.146. The van der Waals surface area contributed by atoms with Crippen LogP contribution in [0.3, 0.4) is 0 Å². The van der Waals surface area contributed by atoms with E-state index in [9.17, 15) is 4.79 Å². The Labute approximate surface area is 135 Å². The maximum Gasteiger partial charge on any atom is 0.310 e. The van der Waals surface area contributed by atoms with Gasteiger partial charge >= 0.3 is 5.97 Å². The molecule has 0 fully saturated rings. The fourth-order valence-corrected chi connectivity index (χ4v) is 2.93. The van der Waals surface area contributed by atoms with E-state index in [1.165, 1.54) is 12.7 Å². The molecule has 0 radical (unpaired) electrons. The molecule has 1 unspecified atom stereocenters. The number of rotatable bonds is 5. The van der Waals surface area contributed by atoms with Gasteiger partial charge in [0.05, 0.1) is 13.0 Å². The standard InChI is InChI=1S/C17H21N3O3/c1-3-12-6-4-5-7-14(12)23-11-16-19-18-15-9-8-13(10-20(15)16)17(21)22-2/h4-7,13H,3,8-11H2,1-2H3. The van der Waals surface area contributed by atoms with Crippen LogP contribution in [0.4, 0.5) is 0 Å². The maximum atomic E-state index is 11.8. The van der Waals surface area contributed by atoms with Crippen molar-refractivity contribution in [3.8, 4) is 5.75 Å². The summed E-state index contributed by atoms with van der Waals surface area (Å²) in [7, 11) is 1.43. The molecule has 1 aromatic heterocycles. The smallest absolute Gasteiger partial charge is 0.310 e. The second-order valence-electron chi connectivity index (χ2n) is 5.65. The largest absolute Gasteiger partial charge is 0.485 e. The first-order chi connectivity index (χ1) is 11.2. The van der Waals surface area contributed by atoms with Crippen molar-refractivity contribution in [1.82, 2.24) is 14.8 Å². The normalized spacial score (nSPS) is 16.7. The zero-order chi connectivity index (χ0) is 16.2. The van der Waals surface area contributed by atoms with Crippen LogP contribution >= 0.6 is 0 Å². The van der Waals surface area contributed by atoms with Gasteiger partial charge in [0.15, 0.2) is 5.82 Å². The number of carbonyl (C=O) groups excluding carboxylic acids is 1. The predicted octanol–water partition coefficient (Wildman–Crippen LogP) is 2.15. The van der Waals surface area contributed by atoms with Gasteiger partial charge in [-0.2, -0.15) is 0 Å². The van der Waals surface area contributed by atoms with Crippen LogP contribution in [0.1, 0.15) is 30.6 Å². The molecule has 0 aliphatic carbocycles. The molecule has 2 heterocycles. The van der Waals surface area contributed by atoms with Crippen molar-refractivity contribution < 1.29 is 14.3 Å².